The molecular weight excluding hydrogens is 1140 g/mol. The van der Waals surface area contributed by atoms with Crippen molar-refractivity contribution in [2.24, 2.45) is 29.6 Å². The van der Waals surface area contributed by atoms with Crippen LogP contribution < -0.4 is 10.6 Å². The van der Waals surface area contributed by atoms with Gasteiger partial charge in [-0.2, -0.15) is 0 Å². The maximum Gasteiger partial charge on any atom is 0.303 e. The van der Waals surface area contributed by atoms with Gasteiger partial charge in [-0.15, -0.1) is 11.3 Å². The molecule has 0 bridgehead atoms. The van der Waals surface area contributed by atoms with Crippen molar-refractivity contribution in [3.63, 3.8) is 0 Å². The molecule has 0 spiro atoms. The number of thiazole rings is 1. The first-order valence-corrected chi connectivity index (χ1v) is 31.6. The smallest absolute Gasteiger partial charge is 0.303 e. The number of likely N-dealkylation sites (N-methyl/N-ethyl adjacent to an activating group) is 1. The SMILES string of the molecule is CCC(C)[C@H](CC(=O)C(C)(C)N(C)C)C(=O)N(CCCNC(=O)C(C)CC(=O)C(CCCCCC(=O)CCOCCO)CC(=O)CCCN1C(=O)C=CC1=O)[C@H](C[C@@H](OC(C)=O)c1nc(C(=O)N[C@@H](Cc2ccccn2)CC(C)OC=O)cs1)C(C)C. The van der Waals surface area contributed by atoms with Gasteiger partial charge in [-0.3, -0.25) is 67.5 Å². The minimum Gasteiger partial charge on any atom is -0.465 e. The number of aromatic nitrogens is 2. The highest BCUT2D eigenvalue weighted by atomic mass is 32.1. The molecule has 2 aromatic rings. The van der Waals surface area contributed by atoms with Crippen LogP contribution in [0.15, 0.2) is 41.9 Å². The number of hydrogen-bond donors (Lipinski definition) is 3. The quantitative estimate of drug-likeness (QED) is 0.0262. The fourth-order valence-electron chi connectivity index (χ4n) is 10.3. The number of aliphatic hydroxyl groups excluding tert-OH is 1. The van der Waals surface area contributed by atoms with E-state index in [-0.39, 0.29) is 144 Å². The van der Waals surface area contributed by atoms with Crippen LogP contribution in [0.5, 0.6) is 0 Å². The summed E-state index contributed by atoms with van der Waals surface area (Å²) in [7, 11) is 3.62. The number of amides is 5. The summed E-state index contributed by atoms with van der Waals surface area (Å²) in [6.07, 6.45) is 6.58. The Morgan fingerprint density at radius 1 is 0.862 bits per heavy atom. The molecule has 22 nitrogen and oxygen atoms in total. The normalized spacial score (nSPS) is 15.3. The second kappa shape index (κ2) is 38.8. The Morgan fingerprint density at radius 2 is 1.56 bits per heavy atom. The lowest BCUT2D eigenvalue weighted by molar-refractivity contribution is -0.150. The number of ketones is 4. The molecule has 0 aromatic carbocycles. The van der Waals surface area contributed by atoms with Gasteiger partial charge in [-0.1, -0.05) is 59.9 Å². The average Bonchev–Trinajstić information content (AvgIpc) is 2.40. The molecule has 1 aliphatic rings. The molecule has 0 saturated heterocycles. The van der Waals surface area contributed by atoms with E-state index in [2.05, 4.69) is 20.6 Å². The van der Waals surface area contributed by atoms with Crippen molar-refractivity contribution < 1.29 is 72.1 Å². The highest BCUT2D eigenvalue weighted by molar-refractivity contribution is 7.09. The van der Waals surface area contributed by atoms with E-state index in [1.807, 2.05) is 72.7 Å². The van der Waals surface area contributed by atoms with Gasteiger partial charge in [0, 0.05) is 144 Å². The fraction of sp³-hybridized carbons (Fsp3) is 0.672. The van der Waals surface area contributed by atoms with E-state index >= 15 is 4.79 Å². The lowest BCUT2D eigenvalue weighted by Crippen LogP contribution is -2.51. The second-order valence-electron chi connectivity index (χ2n) is 23.9. The van der Waals surface area contributed by atoms with Gasteiger partial charge in [0.05, 0.1) is 25.4 Å². The number of nitrogens with zero attached hydrogens (tertiary/aromatic N) is 5. The van der Waals surface area contributed by atoms with Crippen molar-refractivity contribution in [1.82, 2.24) is 35.3 Å². The summed E-state index contributed by atoms with van der Waals surface area (Å²) in [6, 6.07) is 4.31. The number of nitrogens with one attached hydrogen (secondary N) is 2. The number of hydrogen-bond acceptors (Lipinski definition) is 19. The Morgan fingerprint density at radius 3 is 2.18 bits per heavy atom. The molecule has 0 fully saturated rings. The van der Waals surface area contributed by atoms with Gasteiger partial charge in [0.1, 0.15) is 34.2 Å². The Balaban J connectivity index is 1.87. The monoisotopic (exact) mass is 1240 g/mol. The molecule has 0 radical (unpaired) electrons. The van der Waals surface area contributed by atoms with Gasteiger partial charge in [-0.05, 0) is 84.5 Å². The zero-order valence-electron chi connectivity index (χ0n) is 53.2. The molecule has 2 aromatic heterocycles. The number of imide groups is 1. The van der Waals surface area contributed by atoms with Crippen LogP contribution in [0, 0.1) is 29.6 Å². The third-order valence-electron chi connectivity index (χ3n) is 16.3. The number of carbonyl (C=O) groups is 11. The van der Waals surface area contributed by atoms with Crippen LogP contribution in [-0.4, -0.2) is 172 Å². The molecule has 484 valence electrons. The Labute approximate surface area is 518 Å². The van der Waals surface area contributed by atoms with Crippen molar-refractivity contribution in [1.29, 1.82) is 0 Å². The first-order chi connectivity index (χ1) is 41.2. The number of carbonyl (C=O) groups excluding carboxylic acids is 11. The van der Waals surface area contributed by atoms with Gasteiger partial charge in [0.2, 0.25) is 11.8 Å². The summed E-state index contributed by atoms with van der Waals surface area (Å²) < 4.78 is 16.3. The number of Topliss-reactive ketones (excluding diaryl/α,β-unsaturated/α-hetero) is 4. The molecule has 4 unspecified atom stereocenters. The molecule has 87 heavy (non-hydrogen) atoms. The Hall–Kier alpha value is -6.43. The zero-order valence-corrected chi connectivity index (χ0v) is 54.0. The van der Waals surface area contributed by atoms with E-state index in [0.29, 0.717) is 62.1 Å². The number of esters is 1. The Kier molecular flexibility index (Phi) is 33.3. The van der Waals surface area contributed by atoms with Crippen LogP contribution in [0.2, 0.25) is 0 Å². The third kappa shape index (κ3) is 26.1. The summed E-state index contributed by atoms with van der Waals surface area (Å²) in [5, 5.41) is 16.7. The highest BCUT2D eigenvalue weighted by Gasteiger charge is 2.40. The van der Waals surface area contributed by atoms with E-state index in [0.717, 1.165) is 16.2 Å². The van der Waals surface area contributed by atoms with Crippen molar-refractivity contribution in [2.75, 3.05) is 53.6 Å². The van der Waals surface area contributed by atoms with E-state index in [9.17, 15) is 47.9 Å². The van der Waals surface area contributed by atoms with Crippen molar-refractivity contribution in [3.05, 3.63) is 58.3 Å². The molecule has 5 amide bonds. The predicted octanol–water partition coefficient (Wildman–Crippen LogP) is 6.94. The van der Waals surface area contributed by atoms with Crippen LogP contribution in [0.25, 0.3) is 0 Å². The summed E-state index contributed by atoms with van der Waals surface area (Å²) in [5.41, 5.74) is -0.121. The topological polar surface area (TPSA) is 295 Å². The maximum absolute atomic E-state index is 15.4. The number of pyridine rings is 1. The van der Waals surface area contributed by atoms with Crippen molar-refractivity contribution in [3.8, 4) is 0 Å². The molecule has 23 heteroatoms. The molecular formula is C64H97N7O15S. The van der Waals surface area contributed by atoms with Crippen molar-refractivity contribution >= 4 is 76.4 Å². The number of aliphatic hydroxyl groups is 1. The zero-order chi connectivity index (χ0) is 64.8. The van der Waals surface area contributed by atoms with Crippen LogP contribution in [0.3, 0.4) is 0 Å². The average molecular weight is 1240 g/mol. The Bertz CT molecular complexity index is 2590. The largest absolute Gasteiger partial charge is 0.465 e. The van der Waals surface area contributed by atoms with Gasteiger partial charge >= 0.3 is 5.97 Å². The number of ether oxygens (including phenoxy) is 3. The van der Waals surface area contributed by atoms with Crippen molar-refractivity contribution in [2.45, 2.75) is 195 Å². The van der Waals surface area contributed by atoms with E-state index in [1.165, 1.54) is 19.1 Å². The fourth-order valence-corrected chi connectivity index (χ4v) is 11.1. The van der Waals surface area contributed by atoms with Gasteiger partial charge in [-0.25, -0.2) is 4.98 Å². The molecule has 3 N–H and O–H groups in total. The van der Waals surface area contributed by atoms with E-state index in [1.54, 1.807) is 36.4 Å². The van der Waals surface area contributed by atoms with Crippen LogP contribution in [0.1, 0.15) is 186 Å². The summed E-state index contributed by atoms with van der Waals surface area (Å²) in [6.45, 7) is 16.9. The highest BCUT2D eigenvalue weighted by Crippen LogP contribution is 2.34. The van der Waals surface area contributed by atoms with Crippen LogP contribution >= 0.6 is 11.3 Å². The second-order valence-corrected chi connectivity index (χ2v) is 24.8. The van der Waals surface area contributed by atoms with E-state index < -0.39 is 77.2 Å². The van der Waals surface area contributed by atoms with E-state index in [4.69, 9.17) is 19.3 Å². The first-order valence-electron chi connectivity index (χ1n) is 30.7. The maximum atomic E-state index is 15.4. The lowest BCUT2D eigenvalue weighted by atomic mass is 9.81. The third-order valence-corrected chi connectivity index (χ3v) is 17.2. The van der Waals surface area contributed by atoms with Gasteiger partial charge in [0.25, 0.3) is 24.2 Å². The molecule has 8 atom stereocenters. The first kappa shape index (κ1) is 74.8. The summed E-state index contributed by atoms with van der Waals surface area (Å²) in [4.78, 5) is 159. The number of rotatable bonds is 46. The molecule has 3 rings (SSSR count). The van der Waals surface area contributed by atoms with Crippen LogP contribution in [-0.2, 0) is 68.6 Å². The number of unbranched alkanes of at least 4 members (excludes halogenated alkanes) is 2. The molecule has 3 heterocycles. The molecule has 1 aliphatic heterocycles. The van der Waals surface area contributed by atoms with Gasteiger partial charge < -0.3 is 34.9 Å². The summed E-state index contributed by atoms with van der Waals surface area (Å²) >= 11 is 1.12. The molecule has 0 aliphatic carbocycles. The standard InChI is InChI=1S/C64H97N7O15S/c1-12-43(4)52(38-57(78)64(8,9)69(10)11)63(83)70(54(42(2)3)39-56(86-46(7)74)62-68-53(40-87-62)61(82)67-49(35-45(6)85-41-73)37-48-21-16-17-27-65-48)30-19-28-66-60(81)44(5)34-55(77)47(20-14-13-15-22-50(75)26-32-84-33-31-72)36-51(76)23-18-29-71-58(79)24-25-59(71)80/h16-17,21,24-25,27,40-45,47,49,52,54,56,72H,12-15,18-20,22-23,26,28-39H2,1-11H3,(H,66,81)(H,67,82)/t43?,44?,45?,47?,49-,52+,54-,56-/m1/s1. The lowest BCUT2D eigenvalue weighted by Gasteiger charge is -2.40. The minimum atomic E-state index is -1.02. The minimum absolute atomic E-state index is 0.0170. The molecule has 0 saturated carbocycles. The summed E-state index contributed by atoms with van der Waals surface area (Å²) in [5.74, 6) is -6.07. The van der Waals surface area contributed by atoms with Crippen LogP contribution in [0.4, 0.5) is 0 Å². The predicted molar refractivity (Wildman–Crippen MR) is 328 cm³/mol. The van der Waals surface area contributed by atoms with Gasteiger partial charge in [0.15, 0.2) is 11.9 Å².